The van der Waals surface area contributed by atoms with E-state index >= 15 is 0 Å². The number of aliphatic carboxylic acids is 1. The first-order chi connectivity index (χ1) is 20.0. The molecule has 2 aliphatic carbocycles. The predicted octanol–water partition coefficient (Wildman–Crippen LogP) is 7.42. The third-order valence-electron chi connectivity index (χ3n) is 9.40. The van der Waals surface area contributed by atoms with Crippen molar-refractivity contribution < 1.29 is 14.3 Å². The second-order valence-electron chi connectivity index (χ2n) is 12.5. The van der Waals surface area contributed by atoms with Crippen LogP contribution < -0.4 is 0 Å². The van der Waals surface area contributed by atoms with E-state index in [1.807, 2.05) is 0 Å². The molecule has 2 aromatic carbocycles. The van der Waals surface area contributed by atoms with Gasteiger partial charge >= 0.3 is 5.97 Å². The molecule has 0 radical (unpaired) electrons. The van der Waals surface area contributed by atoms with Crippen molar-refractivity contribution in [2.45, 2.75) is 77.2 Å². The van der Waals surface area contributed by atoms with E-state index in [1.165, 1.54) is 61.2 Å². The molecule has 1 aliphatic heterocycles. The maximum Gasteiger partial charge on any atom is 0.306 e. The smallest absolute Gasteiger partial charge is 0.306 e. The second kappa shape index (κ2) is 14.3. The first-order valence-electron chi connectivity index (χ1n) is 15.7. The SMILES string of the molecule is CCn1nc(Cc2ccccc2)cc1C1CCN(CC2CCC(C(CC3CC3)C(=O)O)C2)CC1.Fc1ccccc1. The van der Waals surface area contributed by atoms with Gasteiger partial charge in [0.2, 0.25) is 0 Å². The van der Waals surface area contributed by atoms with Crippen molar-refractivity contribution in [1.82, 2.24) is 14.7 Å². The van der Waals surface area contributed by atoms with Crippen LogP contribution in [0.4, 0.5) is 4.39 Å². The van der Waals surface area contributed by atoms with Crippen LogP contribution in [0.1, 0.15) is 81.2 Å². The summed E-state index contributed by atoms with van der Waals surface area (Å²) in [6, 6.07) is 20.9. The van der Waals surface area contributed by atoms with Crippen molar-refractivity contribution in [2.24, 2.45) is 23.7 Å². The zero-order valence-corrected chi connectivity index (χ0v) is 24.5. The Labute approximate surface area is 244 Å². The fourth-order valence-corrected chi connectivity index (χ4v) is 7.00. The van der Waals surface area contributed by atoms with Crippen LogP contribution in [0.3, 0.4) is 0 Å². The molecule has 1 saturated heterocycles. The van der Waals surface area contributed by atoms with Crippen LogP contribution in [0.5, 0.6) is 0 Å². The largest absolute Gasteiger partial charge is 0.481 e. The monoisotopic (exact) mass is 559 g/mol. The zero-order chi connectivity index (χ0) is 28.6. The van der Waals surface area contributed by atoms with Crippen molar-refractivity contribution in [3.8, 4) is 0 Å². The number of carbonyl (C=O) groups is 1. The summed E-state index contributed by atoms with van der Waals surface area (Å²) in [7, 11) is 0. The summed E-state index contributed by atoms with van der Waals surface area (Å²) in [4.78, 5) is 14.5. The molecule has 1 aromatic heterocycles. The van der Waals surface area contributed by atoms with Gasteiger partial charge in [-0.2, -0.15) is 5.10 Å². The summed E-state index contributed by atoms with van der Waals surface area (Å²) in [5.74, 6) is 1.56. The number of hydrogen-bond acceptors (Lipinski definition) is 3. The van der Waals surface area contributed by atoms with Crippen molar-refractivity contribution in [3.63, 3.8) is 0 Å². The number of aromatic nitrogens is 2. The highest BCUT2D eigenvalue weighted by molar-refractivity contribution is 5.70. The standard InChI is InChI=1S/C29H41N3O2.C6H5F/c1-2-32-28(19-26(30-32)17-21-6-4-3-5-7-21)24-12-14-31(15-13-24)20-23-10-11-25(16-23)27(29(33)34)18-22-8-9-22;7-6-4-2-1-3-5-6/h3-7,19,22-25,27H,2,8-18,20H2,1H3,(H,33,34);1-5H. The summed E-state index contributed by atoms with van der Waals surface area (Å²) in [5.41, 5.74) is 3.92. The van der Waals surface area contributed by atoms with Gasteiger partial charge in [-0.05, 0) is 100 Å². The minimum Gasteiger partial charge on any atom is -0.481 e. The summed E-state index contributed by atoms with van der Waals surface area (Å²) < 4.78 is 14.1. The average Bonchev–Trinajstić information content (AvgIpc) is 3.55. The molecule has 3 aromatic rings. The lowest BCUT2D eigenvalue weighted by Gasteiger charge is -2.33. The van der Waals surface area contributed by atoms with Gasteiger partial charge in [0.1, 0.15) is 5.82 Å². The Morgan fingerprint density at radius 3 is 2.20 bits per heavy atom. The third-order valence-corrected chi connectivity index (χ3v) is 9.40. The molecule has 2 saturated carbocycles. The van der Waals surface area contributed by atoms with Gasteiger partial charge in [-0.1, -0.05) is 61.4 Å². The van der Waals surface area contributed by atoms with Gasteiger partial charge in [-0.25, -0.2) is 4.39 Å². The molecular weight excluding hydrogens is 513 g/mol. The van der Waals surface area contributed by atoms with Crippen LogP contribution in [0.25, 0.3) is 0 Å². The molecular formula is C35H46FN3O2. The van der Waals surface area contributed by atoms with Crippen molar-refractivity contribution >= 4 is 5.97 Å². The minimum atomic E-state index is -0.544. The fraction of sp³-hybridized carbons (Fsp3) is 0.543. The van der Waals surface area contributed by atoms with E-state index in [2.05, 4.69) is 52.9 Å². The molecule has 6 rings (SSSR count). The molecule has 1 N–H and O–H groups in total. The molecule has 0 spiro atoms. The number of likely N-dealkylation sites (tertiary alicyclic amines) is 1. The lowest BCUT2D eigenvalue weighted by molar-refractivity contribution is -0.144. The fourth-order valence-electron chi connectivity index (χ4n) is 7.00. The van der Waals surface area contributed by atoms with E-state index < -0.39 is 5.97 Å². The van der Waals surface area contributed by atoms with Crippen LogP contribution >= 0.6 is 0 Å². The normalized spacial score (nSPS) is 22.2. The second-order valence-corrected chi connectivity index (χ2v) is 12.5. The lowest BCUT2D eigenvalue weighted by Crippen LogP contribution is -2.36. The molecule has 3 unspecified atom stereocenters. The Bertz CT molecular complexity index is 1220. The lowest BCUT2D eigenvalue weighted by atomic mass is 9.85. The number of carboxylic acids is 1. The topological polar surface area (TPSA) is 58.4 Å². The van der Waals surface area contributed by atoms with Crippen LogP contribution in [-0.4, -0.2) is 45.4 Å². The number of hydrogen-bond donors (Lipinski definition) is 1. The van der Waals surface area contributed by atoms with Crippen LogP contribution in [0.2, 0.25) is 0 Å². The Hall–Kier alpha value is -2.99. The van der Waals surface area contributed by atoms with E-state index in [9.17, 15) is 14.3 Å². The van der Waals surface area contributed by atoms with Crippen LogP contribution in [0.15, 0.2) is 66.7 Å². The Morgan fingerprint density at radius 1 is 0.951 bits per heavy atom. The Morgan fingerprint density at radius 2 is 1.61 bits per heavy atom. The summed E-state index contributed by atoms with van der Waals surface area (Å²) >= 11 is 0. The van der Waals surface area contributed by atoms with Crippen LogP contribution in [-0.2, 0) is 17.8 Å². The molecule has 3 fully saturated rings. The van der Waals surface area contributed by atoms with E-state index in [-0.39, 0.29) is 11.7 Å². The molecule has 2 heterocycles. The first-order valence-corrected chi connectivity index (χ1v) is 15.7. The third kappa shape index (κ3) is 8.51. The molecule has 3 aliphatic rings. The number of benzene rings is 2. The summed E-state index contributed by atoms with van der Waals surface area (Å²) in [6.45, 7) is 6.59. The number of rotatable bonds is 10. The van der Waals surface area contributed by atoms with E-state index in [4.69, 9.17) is 5.10 Å². The average molecular weight is 560 g/mol. The van der Waals surface area contributed by atoms with E-state index in [0.29, 0.717) is 23.7 Å². The molecule has 0 bridgehead atoms. The van der Waals surface area contributed by atoms with E-state index in [0.717, 1.165) is 51.9 Å². The van der Waals surface area contributed by atoms with Gasteiger partial charge in [0.25, 0.3) is 0 Å². The van der Waals surface area contributed by atoms with Gasteiger partial charge in [0, 0.05) is 31.1 Å². The number of carboxylic acid groups (broad SMARTS) is 1. The highest BCUT2D eigenvalue weighted by Gasteiger charge is 2.39. The minimum absolute atomic E-state index is 0.0948. The van der Waals surface area contributed by atoms with Crippen molar-refractivity contribution in [1.29, 1.82) is 0 Å². The number of aryl methyl sites for hydroxylation is 1. The van der Waals surface area contributed by atoms with Gasteiger partial charge in [-0.15, -0.1) is 0 Å². The Kier molecular flexibility index (Phi) is 10.3. The predicted molar refractivity (Wildman–Crippen MR) is 161 cm³/mol. The van der Waals surface area contributed by atoms with Crippen molar-refractivity contribution in [3.05, 3.63) is 89.5 Å². The van der Waals surface area contributed by atoms with Crippen molar-refractivity contribution in [2.75, 3.05) is 19.6 Å². The first kappa shape index (κ1) is 29.5. The zero-order valence-electron chi connectivity index (χ0n) is 24.5. The summed E-state index contributed by atoms with van der Waals surface area (Å²) in [5, 5.41) is 14.7. The highest BCUT2D eigenvalue weighted by atomic mass is 19.1. The molecule has 0 amide bonds. The van der Waals surface area contributed by atoms with Gasteiger partial charge in [-0.3, -0.25) is 9.48 Å². The number of halogens is 1. The molecule has 3 atom stereocenters. The highest BCUT2D eigenvalue weighted by Crippen LogP contribution is 2.44. The van der Waals surface area contributed by atoms with Gasteiger partial charge < -0.3 is 10.0 Å². The van der Waals surface area contributed by atoms with Gasteiger partial charge in [0.15, 0.2) is 0 Å². The van der Waals surface area contributed by atoms with Crippen LogP contribution in [0, 0.1) is 29.5 Å². The Balaban J connectivity index is 0.000000423. The van der Waals surface area contributed by atoms with E-state index in [1.54, 1.807) is 18.2 Å². The molecule has 41 heavy (non-hydrogen) atoms. The maximum atomic E-state index is 11.9. The number of piperidine rings is 1. The molecule has 5 nitrogen and oxygen atoms in total. The molecule has 6 heteroatoms. The number of nitrogens with zero attached hydrogens (tertiary/aromatic N) is 3. The molecule has 220 valence electrons. The summed E-state index contributed by atoms with van der Waals surface area (Å²) in [6.07, 6.45) is 10.2. The van der Waals surface area contributed by atoms with Gasteiger partial charge in [0.05, 0.1) is 11.6 Å². The maximum absolute atomic E-state index is 11.9. The quantitative estimate of drug-likeness (QED) is 0.281.